The van der Waals surface area contributed by atoms with Gasteiger partial charge in [-0.3, -0.25) is 0 Å². The zero-order chi connectivity index (χ0) is 8.20. The lowest BCUT2D eigenvalue weighted by Gasteiger charge is -2.09. The first-order valence-corrected chi connectivity index (χ1v) is 4.80. The number of sulfone groups is 1. The van der Waals surface area contributed by atoms with Gasteiger partial charge in [0.2, 0.25) is 0 Å². The van der Waals surface area contributed by atoms with E-state index >= 15 is 0 Å². The Morgan fingerprint density at radius 3 is 2.30 bits per heavy atom. The van der Waals surface area contributed by atoms with Crippen LogP contribution in [0.15, 0.2) is 12.7 Å². The van der Waals surface area contributed by atoms with Crippen molar-refractivity contribution in [3.8, 4) is 0 Å². The van der Waals surface area contributed by atoms with Crippen molar-refractivity contribution in [3.63, 3.8) is 0 Å². The molecule has 1 atom stereocenters. The summed E-state index contributed by atoms with van der Waals surface area (Å²) in [6.45, 7) is 3.42. The summed E-state index contributed by atoms with van der Waals surface area (Å²) in [5.41, 5.74) is -0.731. The van der Waals surface area contributed by atoms with Crippen LogP contribution in [-0.4, -0.2) is 27.2 Å². The van der Waals surface area contributed by atoms with E-state index in [1.807, 2.05) is 0 Å². The molecule has 0 aromatic carbocycles. The number of ether oxygens (including phenoxy) is 1. The molecule has 0 fully saturated rings. The summed E-state index contributed by atoms with van der Waals surface area (Å²) in [6.07, 6.45) is 3.01. The standard InChI is InChI=1S/C6H12O3S/c1-4-5-6(9-2)10(3,7)8/h4,6H,1,5H2,2-3H3. The molecule has 60 valence electrons. The number of hydrogen-bond acceptors (Lipinski definition) is 3. The van der Waals surface area contributed by atoms with Gasteiger partial charge in [0, 0.05) is 19.8 Å². The van der Waals surface area contributed by atoms with Crippen LogP contribution < -0.4 is 0 Å². The molecule has 4 heteroatoms. The van der Waals surface area contributed by atoms with Gasteiger partial charge in [-0.1, -0.05) is 6.08 Å². The van der Waals surface area contributed by atoms with Crippen LogP contribution in [0, 0.1) is 0 Å². The lowest BCUT2D eigenvalue weighted by molar-refractivity contribution is 0.166. The van der Waals surface area contributed by atoms with E-state index in [-0.39, 0.29) is 0 Å². The zero-order valence-corrected chi connectivity index (χ0v) is 7.02. The van der Waals surface area contributed by atoms with E-state index in [1.165, 1.54) is 13.2 Å². The molecule has 0 aromatic heterocycles. The van der Waals surface area contributed by atoms with E-state index in [0.29, 0.717) is 6.42 Å². The van der Waals surface area contributed by atoms with Crippen molar-refractivity contribution < 1.29 is 13.2 Å². The fraction of sp³-hybridized carbons (Fsp3) is 0.667. The average molecular weight is 164 g/mol. The third kappa shape index (κ3) is 2.98. The van der Waals surface area contributed by atoms with Crippen LogP contribution in [0.3, 0.4) is 0 Å². The Hall–Kier alpha value is -0.350. The molecular formula is C6H12O3S. The minimum absolute atomic E-state index is 0.343. The Morgan fingerprint density at radius 1 is 1.70 bits per heavy atom. The Balaban J connectivity index is 4.22. The topological polar surface area (TPSA) is 43.4 Å². The van der Waals surface area contributed by atoms with Gasteiger partial charge in [0.25, 0.3) is 0 Å². The summed E-state index contributed by atoms with van der Waals surface area (Å²) in [5.74, 6) is 0. The Bertz CT molecular complexity index is 193. The van der Waals surface area contributed by atoms with Crippen LogP contribution in [0.4, 0.5) is 0 Å². The van der Waals surface area contributed by atoms with Crippen LogP contribution >= 0.6 is 0 Å². The fourth-order valence-corrected chi connectivity index (χ4v) is 1.42. The minimum atomic E-state index is -3.07. The van der Waals surface area contributed by atoms with Gasteiger partial charge >= 0.3 is 0 Å². The first-order valence-electron chi connectivity index (χ1n) is 2.85. The molecule has 0 aromatic rings. The highest BCUT2D eigenvalue weighted by Gasteiger charge is 2.17. The maximum Gasteiger partial charge on any atom is 0.174 e. The zero-order valence-electron chi connectivity index (χ0n) is 6.20. The van der Waals surface area contributed by atoms with Gasteiger partial charge in [-0.05, 0) is 0 Å². The summed E-state index contributed by atoms with van der Waals surface area (Å²) in [6, 6.07) is 0. The summed E-state index contributed by atoms with van der Waals surface area (Å²) in [5, 5.41) is 0. The van der Waals surface area contributed by atoms with Crippen molar-refractivity contribution in [2.75, 3.05) is 13.4 Å². The van der Waals surface area contributed by atoms with E-state index in [1.54, 1.807) is 0 Å². The molecule has 3 nitrogen and oxygen atoms in total. The van der Waals surface area contributed by atoms with Crippen molar-refractivity contribution in [2.24, 2.45) is 0 Å². The van der Waals surface area contributed by atoms with Crippen molar-refractivity contribution in [1.82, 2.24) is 0 Å². The summed E-state index contributed by atoms with van der Waals surface area (Å²) >= 11 is 0. The highest BCUT2D eigenvalue weighted by molar-refractivity contribution is 7.91. The van der Waals surface area contributed by atoms with Gasteiger partial charge in [0.1, 0.15) is 0 Å². The average Bonchev–Trinajstić information content (AvgIpc) is 1.80. The maximum absolute atomic E-state index is 10.8. The van der Waals surface area contributed by atoms with Crippen molar-refractivity contribution in [2.45, 2.75) is 11.9 Å². The SMILES string of the molecule is C=CCC(OC)S(C)(=O)=O. The van der Waals surface area contributed by atoms with Gasteiger partial charge in [-0.2, -0.15) is 0 Å². The molecule has 0 saturated carbocycles. The van der Waals surface area contributed by atoms with Crippen LogP contribution in [-0.2, 0) is 14.6 Å². The quantitative estimate of drug-likeness (QED) is 0.571. The lowest BCUT2D eigenvalue weighted by atomic mass is 10.4. The molecule has 10 heavy (non-hydrogen) atoms. The molecule has 1 unspecified atom stereocenters. The van der Waals surface area contributed by atoms with Crippen LogP contribution in [0.1, 0.15) is 6.42 Å². The number of methoxy groups -OCH3 is 1. The van der Waals surface area contributed by atoms with E-state index in [2.05, 4.69) is 6.58 Å². The van der Waals surface area contributed by atoms with Crippen LogP contribution in [0.25, 0.3) is 0 Å². The second-order valence-corrected chi connectivity index (χ2v) is 4.20. The first-order chi connectivity index (χ1) is 4.52. The normalized spacial score (nSPS) is 14.6. The molecule has 0 rings (SSSR count). The third-order valence-corrected chi connectivity index (χ3v) is 2.44. The highest BCUT2D eigenvalue weighted by atomic mass is 32.2. The number of rotatable bonds is 4. The summed E-state index contributed by atoms with van der Waals surface area (Å²) < 4.78 is 26.3. The van der Waals surface area contributed by atoms with Gasteiger partial charge in [0.15, 0.2) is 15.3 Å². The molecule has 0 saturated heterocycles. The third-order valence-electron chi connectivity index (χ3n) is 1.10. The highest BCUT2D eigenvalue weighted by Crippen LogP contribution is 2.04. The monoisotopic (exact) mass is 164 g/mol. The molecular weight excluding hydrogens is 152 g/mol. The maximum atomic E-state index is 10.8. The molecule has 0 bridgehead atoms. The second-order valence-electron chi connectivity index (χ2n) is 2.02. The minimum Gasteiger partial charge on any atom is -0.365 e. The molecule has 0 heterocycles. The van der Waals surface area contributed by atoms with Gasteiger partial charge in [0.05, 0.1) is 0 Å². The largest absolute Gasteiger partial charge is 0.365 e. The molecule has 0 N–H and O–H groups in total. The number of hydrogen-bond donors (Lipinski definition) is 0. The van der Waals surface area contributed by atoms with E-state index in [9.17, 15) is 8.42 Å². The molecule has 0 aliphatic heterocycles. The van der Waals surface area contributed by atoms with E-state index in [4.69, 9.17) is 4.74 Å². The van der Waals surface area contributed by atoms with Crippen LogP contribution in [0.2, 0.25) is 0 Å². The predicted molar refractivity (Wildman–Crippen MR) is 40.5 cm³/mol. The first kappa shape index (κ1) is 9.65. The molecule has 0 radical (unpaired) electrons. The predicted octanol–water partition coefficient (Wildman–Crippen LogP) is 0.580. The second kappa shape index (κ2) is 3.73. The van der Waals surface area contributed by atoms with Gasteiger partial charge < -0.3 is 4.74 Å². The Labute approximate surface area is 61.6 Å². The van der Waals surface area contributed by atoms with Gasteiger partial charge in [-0.15, -0.1) is 6.58 Å². The van der Waals surface area contributed by atoms with Crippen molar-refractivity contribution in [1.29, 1.82) is 0 Å². The molecule has 0 aliphatic rings. The Kier molecular flexibility index (Phi) is 3.60. The van der Waals surface area contributed by atoms with Crippen molar-refractivity contribution >= 4 is 9.84 Å². The van der Waals surface area contributed by atoms with E-state index < -0.39 is 15.3 Å². The van der Waals surface area contributed by atoms with Crippen LogP contribution in [0.5, 0.6) is 0 Å². The summed E-state index contributed by atoms with van der Waals surface area (Å²) in [4.78, 5) is 0. The van der Waals surface area contributed by atoms with Gasteiger partial charge in [-0.25, -0.2) is 8.42 Å². The molecule has 0 spiro atoms. The smallest absolute Gasteiger partial charge is 0.174 e. The fourth-order valence-electron chi connectivity index (χ4n) is 0.582. The lowest BCUT2D eigenvalue weighted by Crippen LogP contribution is -2.20. The summed E-state index contributed by atoms with van der Waals surface area (Å²) in [7, 11) is -1.70. The Morgan fingerprint density at radius 2 is 2.20 bits per heavy atom. The molecule has 0 aliphatic carbocycles. The van der Waals surface area contributed by atoms with Crippen molar-refractivity contribution in [3.05, 3.63) is 12.7 Å². The van der Waals surface area contributed by atoms with E-state index in [0.717, 1.165) is 6.26 Å². The molecule has 0 amide bonds.